The molecular weight excluding hydrogens is 270 g/mol. The SMILES string of the molecule is OCCC#Cc1ccsc1CN1CCn2ccnc2C1. The molecule has 0 amide bonds. The number of aromatic nitrogens is 2. The molecule has 3 heterocycles. The highest BCUT2D eigenvalue weighted by Gasteiger charge is 2.17. The Kier molecular flexibility index (Phi) is 4.16. The highest BCUT2D eigenvalue weighted by atomic mass is 32.1. The predicted octanol–water partition coefficient (Wildman–Crippen LogP) is 1.69. The van der Waals surface area contributed by atoms with Gasteiger partial charge in [-0.05, 0) is 11.4 Å². The van der Waals surface area contributed by atoms with Gasteiger partial charge in [-0.2, -0.15) is 0 Å². The zero-order chi connectivity index (χ0) is 13.8. The number of fused-ring (bicyclic) bond motifs is 1. The van der Waals surface area contributed by atoms with Gasteiger partial charge in [0, 0.05) is 48.9 Å². The van der Waals surface area contributed by atoms with Gasteiger partial charge in [-0.25, -0.2) is 4.98 Å². The smallest absolute Gasteiger partial charge is 0.122 e. The van der Waals surface area contributed by atoms with Crippen molar-refractivity contribution in [3.8, 4) is 11.8 Å². The summed E-state index contributed by atoms with van der Waals surface area (Å²) in [6, 6.07) is 2.06. The molecule has 0 aromatic carbocycles. The molecule has 1 aliphatic heterocycles. The van der Waals surface area contributed by atoms with Gasteiger partial charge in [0.15, 0.2) is 0 Å². The van der Waals surface area contributed by atoms with E-state index in [0.29, 0.717) is 6.42 Å². The zero-order valence-corrected chi connectivity index (χ0v) is 12.1. The van der Waals surface area contributed by atoms with Gasteiger partial charge in [0.25, 0.3) is 0 Å². The summed E-state index contributed by atoms with van der Waals surface area (Å²) in [7, 11) is 0. The number of hydrogen-bond acceptors (Lipinski definition) is 4. The fraction of sp³-hybridized carbons (Fsp3) is 0.400. The van der Waals surface area contributed by atoms with E-state index < -0.39 is 0 Å². The molecular formula is C15H17N3OS. The van der Waals surface area contributed by atoms with E-state index in [0.717, 1.165) is 37.6 Å². The van der Waals surface area contributed by atoms with Crippen LogP contribution in [0.5, 0.6) is 0 Å². The van der Waals surface area contributed by atoms with Gasteiger partial charge in [-0.1, -0.05) is 11.8 Å². The first-order chi connectivity index (χ1) is 9.86. The molecule has 4 nitrogen and oxygen atoms in total. The van der Waals surface area contributed by atoms with Crippen molar-refractivity contribution in [2.24, 2.45) is 0 Å². The van der Waals surface area contributed by atoms with Gasteiger partial charge < -0.3 is 9.67 Å². The molecule has 0 saturated carbocycles. The Morgan fingerprint density at radius 1 is 1.40 bits per heavy atom. The standard InChI is InChI=1S/C15H17N3OS/c19-9-2-1-3-13-4-10-20-14(13)11-17-7-8-18-6-5-16-15(18)12-17/h4-6,10,19H,2,7-9,11-12H2. The Morgan fingerprint density at radius 3 is 3.25 bits per heavy atom. The number of aliphatic hydroxyl groups excluding tert-OH is 1. The minimum Gasteiger partial charge on any atom is -0.395 e. The first-order valence-corrected chi connectivity index (χ1v) is 7.63. The van der Waals surface area contributed by atoms with E-state index in [4.69, 9.17) is 5.11 Å². The summed E-state index contributed by atoms with van der Waals surface area (Å²) >= 11 is 1.75. The van der Waals surface area contributed by atoms with Crippen molar-refractivity contribution >= 4 is 11.3 Å². The van der Waals surface area contributed by atoms with Crippen LogP contribution in [0, 0.1) is 11.8 Å². The molecule has 3 rings (SSSR count). The predicted molar refractivity (Wildman–Crippen MR) is 79.2 cm³/mol. The van der Waals surface area contributed by atoms with Crippen molar-refractivity contribution in [3.05, 3.63) is 40.1 Å². The minimum absolute atomic E-state index is 0.126. The third kappa shape index (κ3) is 2.93. The maximum atomic E-state index is 8.78. The Hall–Kier alpha value is -1.61. The Balaban J connectivity index is 1.68. The number of thiophene rings is 1. The van der Waals surface area contributed by atoms with Crippen molar-refractivity contribution in [3.63, 3.8) is 0 Å². The first kappa shape index (κ1) is 13.4. The lowest BCUT2D eigenvalue weighted by Gasteiger charge is -2.27. The molecule has 0 unspecified atom stereocenters. The quantitative estimate of drug-likeness (QED) is 0.874. The summed E-state index contributed by atoms with van der Waals surface area (Å²) in [6.45, 7) is 4.00. The van der Waals surface area contributed by atoms with Gasteiger partial charge in [-0.3, -0.25) is 4.90 Å². The summed E-state index contributed by atoms with van der Waals surface area (Å²) in [5.41, 5.74) is 1.09. The summed E-state index contributed by atoms with van der Waals surface area (Å²) in [5, 5.41) is 10.9. The van der Waals surface area contributed by atoms with Crippen molar-refractivity contribution in [2.45, 2.75) is 26.1 Å². The molecule has 0 fully saturated rings. The highest BCUT2D eigenvalue weighted by Crippen LogP contribution is 2.20. The van der Waals surface area contributed by atoms with E-state index in [-0.39, 0.29) is 6.61 Å². The number of rotatable bonds is 3. The van der Waals surface area contributed by atoms with Crippen LogP contribution in [-0.4, -0.2) is 32.7 Å². The molecule has 5 heteroatoms. The second-order valence-electron chi connectivity index (χ2n) is 4.78. The lowest BCUT2D eigenvalue weighted by molar-refractivity contribution is 0.210. The highest BCUT2D eigenvalue weighted by molar-refractivity contribution is 7.10. The van der Waals surface area contributed by atoms with Gasteiger partial charge in [0.1, 0.15) is 5.82 Å². The van der Waals surface area contributed by atoms with E-state index in [1.165, 1.54) is 4.88 Å². The lowest BCUT2D eigenvalue weighted by Crippen LogP contribution is -2.33. The fourth-order valence-electron chi connectivity index (χ4n) is 2.35. The van der Waals surface area contributed by atoms with E-state index in [1.54, 1.807) is 11.3 Å². The van der Waals surface area contributed by atoms with Crippen LogP contribution in [0.4, 0.5) is 0 Å². The Labute approximate surface area is 122 Å². The van der Waals surface area contributed by atoms with E-state index >= 15 is 0 Å². The van der Waals surface area contributed by atoms with Gasteiger partial charge in [-0.15, -0.1) is 11.3 Å². The molecule has 1 aliphatic rings. The maximum Gasteiger partial charge on any atom is 0.122 e. The normalized spacial score (nSPS) is 14.7. The van der Waals surface area contributed by atoms with Crippen molar-refractivity contribution in [2.75, 3.05) is 13.2 Å². The zero-order valence-electron chi connectivity index (χ0n) is 11.2. The number of aliphatic hydroxyl groups is 1. The van der Waals surface area contributed by atoms with Crippen LogP contribution in [0.1, 0.15) is 22.7 Å². The molecule has 0 radical (unpaired) electrons. The molecule has 20 heavy (non-hydrogen) atoms. The molecule has 0 saturated heterocycles. The van der Waals surface area contributed by atoms with Gasteiger partial charge >= 0.3 is 0 Å². The summed E-state index contributed by atoms with van der Waals surface area (Å²) in [4.78, 5) is 8.10. The Morgan fingerprint density at radius 2 is 2.35 bits per heavy atom. The average Bonchev–Trinajstić information content (AvgIpc) is 3.08. The topological polar surface area (TPSA) is 41.3 Å². The fourth-order valence-corrected chi connectivity index (χ4v) is 3.22. The first-order valence-electron chi connectivity index (χ1n) is 6.75. The molecule has 1 N–H and O–H groups in total. The number of hydrogen-bond donors (Lipinski definition) is 1. The number of nitrogens with zero attached hydrogens (tertiary/aromatic N) is 3. The van der Waals surface area contributed by atoms with Gasteiger partial charge in [0.2, 0.25) is 0 Å². The van der Waals surface area contributed by atoms with Crippen molar-refractivity contribution in [1.82, 2.24) is 14.5 Å². The van der Waals surface area contributed by atoms with Crippen LogP contribution in [-0.2, 0) is 19.6 Å². The van der Waals surface area contributed by atoms with E-state index in [1.807, 2.05) is 12.4 Å². The Bertz CT molecular complexity index is 635. The molecule has 0 bridgehead atoms. The van der Waals surface area contributed by atoms with E-state index in [9.17, 15) is 0 Å². The minimum atomic E-state index is 0.126. The third-order valence-corrected chi connectivity index (χ3v) is 4.30. The van der Waals surface area contributed by atoms with Crippen LogP contribution in [0.2, 0.25) is 0 Å². The lowest BCUT2D eigenvalue weighted by atomic mass is 10.2. The molecule has 2 aromatic heterocycles. The van der Waals surface area contributed by atoms with Crippen LogP contribution in [0.15, 0.2) is 23.8 Å². The van der Waals surface area contributed by atoms with E-state index in [2.05, 4.69) is 37.7 Å². The summed E-state index contributed by atoms with van der Waals surface area (Å²) in [6.07, 6.45) is 4.45. The largest absolute Gasteiger partial charge is 0.395 e. The van der Waals surface area contributed by atoms with Crippen LogP contribution in [0.3, 0.4) is 0 Å². The van der Waals surface area contributed by atoms with Gasteiger partial charge in [0.05, 0.1) is 13.2 Å². The molecule has 104 valence electrons. The van der Waals surface area contributed by atoms with Crippen LogP contribution in [0.25, 0.3) is 0 Å². The second-order valence-corrected chi connectivity index (χ2v) is 5.78. The molecule has 0 atom stereocenters. The molecule has 2 aromatic rings. The van der Waals surface area contributed by atoms with Crippen molar-refractivity contribution < 1.29 is 5.11 Å². The summed E-state index contributed by atoms with van der Waals surface area (Å²) < 4.78 is 2.22. The van der Waals surface area contributed by atoms with Crippen LogP contribution < -0.4 is 0 Å². The summed E-state index contributed by atoms with van der Waals surface area (Å²) in [5.74, 6) is 7.29. The number of imidazole rings is 1. The maximum absolute atomic E-state index is 8.78. The van der Waals surface area contributed by atoms with Crippen molar-refractivity contribution in [1.29, 1.82) is 0 Å². The third-order valence-electron chi connectivity index (χ3n) is 3.40. The second kappa shape index (κ2) is 6.23. The van der Waals surface area contributed by atoms with Crippen LogP contribution >= 0.6 is 11.3 Å². The average molecular weight is 287 g/mol. The molecule has 0 aliphatic carbocycles. The molecule has 0 spiro atoms. The monoisotopic (exact) mass is 287 g/mol.